The van der Waals surface area contributed by atoms with Crippen LogP contribution in [0.15, 0.2) is 0 Å². The van der Waals surface area contributed by atoms with Crippen LogP contribution in [-0.2, 0) is 0 Å². The van der Waals surface area contributed by atoms with Gasteiger partial charge in [0.1, 0.15) is 0 Å². The van der Waals surface area contributed by atoms with Gasteiger partial charge in [-0.15, -0.1) is 0 Å². The molecule has 0 saturated heterocycles. The second-order valence-electron chi connectivity index (χ2n) is 4.92. The Morgan fingerprint density at radius 3 is 2.83 bits per heavy atom. The Kier molecular flexibility index (Phi) is 2.16. The molecular formula is C11H21N. The first kappa shape index (κ1) is 8.55. The van der Waals surface area contributed by atoms with Crippen molar-refractivity contribution in [2.24, 2.45) is 17.3 Å². The van der Waals surface area contributed by atoms with Crippen LogP contribution in [0.25, 0.3) is 0 Å². The summed E-state index contributed by atoms with van der Waals surface area (Å²) in [4.78, 5) is 0. The lowest BCUT2D eigenvalue weighted by Crippen LogP contribution is -2.18. The van der Waals surface area contributed by atoms with E-state index >= 15 is 0 Å². The summed E-state index contributed by atoms with van der Waals surface area (Å²) in [5, 5.41) is 3.48. The third-order valence-corrected chi connectivity index (χ3v) is 3.89. The minimum Gasteiger partial charge on any atom is -0.317 e. The van der Waals surface area contributed by atoms with Crippen molar-refractivity contribution in [2.75, 3.05) is 13.1 Å². The molecular weight excluding hydrogens is 146 g/mol. The molecule has 12 heavy (non-hydrogen) atoms. The van der Waals surface area contributed by atoms with E-state index in [1.54, 1.807) is 0 Å². The molecule has 3 atom stereocenters. The van der Waals surface area contributed by atoms with Crippen LogP contribution in [0, 0.1) is 17.3 Å². The van der Waals surface area contributed by atoms with Gasteiger partial charge in [-0.2, -0.15) is 0 Å². The summed E-state index contributed by atoms with van der Waals surface area (Å²) in [5.74, 6) is 2.04. The van der Waals surface area contributed by atoms with Crippen molar-refractivity contribution in [3.05, 3.63) is 0 Å². The molecule has 0 amide bonds. The van der Waals surface area contributed by atoms with E-state index in [2.05, 4.69) is 19.2 Å². The first-order valence-electron chi connectivity index (χ1n) is 5.47. The van der Waals surface area contributed by atoms with E-state index in [0.717, 1.165) is 23.8 Å². The summed E-state index contributed by atoms with van der Waals surface area (Å²) in [7, 11) is 0. The lowest BCUT2D eigenvalue weighted by Gasteiger charge is -2.08. The summed E-state index contributed by atoms with van der Waals surface area (Å²) in [6, 6.07) is 0. The maximum Gasteiger partial charge on any atom is -0.00151 e. The van der Waals surface area contributed by atoms with Crippen molar-refractivity contribution in [3.8, 4) is 0 Å². The Labute approximate surface area is 75.9 Å². The molecule has 1 heteroatoms. The molecule has 2 saturated carbocycles. The minimum atomic E-state index is 0.821. The minimum absolute atomic E-state index is 0.821. The SMILES string of the molecule is CCNCC1CC12CCC(C)C2. The van der Waals surface area contributed by atoms with Gasteiger partial charge in [0.25, 0.3) is 0 Å². The third-order valence-electron chi connectivity index (χ3n) is 3.89. The zero-order valence-corrected chi connectivity index (χ0v) is 8.40. The van der Waals surface area contributed by atoms with Gasteiger partial charge in [0.2, 0.25) is 0 Å². The molecule has 70 valence electrons. The number of rotatable bonds is 3. The van der Waals surface area contributed by atoms with E-state index in [4.69, 9.17) is 0 Å². The van der Waals surface area contributed by atoms with Crippen molar-refractivity contribution in [2.45, 2.75) is 39.5 Å². The molecule has 0 aliphatic heterocycles. The van der Waals surface area contributed by atoms with Crippen molar-refractivity contribution in [3.63, 3.8) is 0 Å². The molecule has 2 rings (SSSR count). The lowest BCUT2D eigenvalue weighted by atomic mass is 10.0. The van der Waals surface area contributed by atoms with E-state index < -0.39 is 0 Å². The second kappa shape index (κ2) is 3.02. The van der Waals surface area contributed by atoms with Crippen LogP contribution in [0.4, 0.5) is 0 Å². The average molecular weight is 167 g/mol. The molecule has 2 fully saturated rings. The molecule has 1 N–H and O–H groups in total. The van der Waals surface area contributed by atoms with E-state index in [0.29, 0.717) is 0 Å². The van der Waals surface area contributed by atoms with E-state index in [-0.39, 0.29) is 0 Å². The van der Waals surface area contributed by atoms with Crippen LogP contribution in [0.3, 0.4) is 0 Å². The summed E-state index contributed by atoms with van der Waals surface area (Å²) in [6.45, 7) is 7.04. The molecule has 3 unspecified atom stereocenters. The summed E-state index contributed by atoms with van der Waals surface area (Å²) < 4.78 is 0. The van der Waals surface area contributed by atoms with Gasteiger partial charge in [0.05, 0.1) is 0 Å². The highest BCUT2D eigenvalue weighted by atomic mass is 14.9. The standard InChI is InChI=1S/C11H21N/c1-3-12-8-10-7-11(10)5-4-9(2)6-11/h9-10,12H,3-8H2,1-2H3. The molecule has 2 aliphatic carbocycles. The molecule has 0 aromatic heterocycles. The highest BCUT2D eigenvalue weighted by Gasteiger charge is 2.55. The van der Waals surface area contributed by atoms with Crippen LogP contribution < -0.4 is 5.32 Å². The molecule has 0 radical (unpaired) electrons. The normalized spacial score (nSPS) is 45.5. The zero-order valence-electron chi connectivity index (χ0n) is 8.40. The van der Waals surface area contributed by atoms with Gasteiger partial charge < -0.3 is 5.32 Å². The quantitative estimate of drug-likeness (QED) is 0.680. The van der Waals surface area contributed by atoms with E-state index in [9.17, 15) is 0 Å². The summed E-state index contributed by atoms with van der Waals surface area (Å²) >= 11 is 0. The van der Waals surface area contributed by atoms with Gasteiger partial charge in [0.15, 0.2) is 0 Å². The van der Waals surface area contributed by atoms with Crippen LogP contribution in [0.1, 0.15) is 39.5 Å². The predicted octanol–water partition coefficient (Wildman–Crippen LogP) is 2.42. The van der Waals surface area contributed by atoms with Crippen LogP contribution in [0.5, 0.6) is 0 Å². The van der Waals surface area contributed by atoms with Crippen molar-refractivity contribution in [1.82, 2.24) is 5.32 Å². The predicted molar refractivity (Wildman–Crippen MR) is 52.1 cm³/mol. The smallest absolute Gasteiger partial charge is 0.00151 e. The van der Waals surface area contributed by atoms with Crippen LogP contribution >= 0.6 is 0 Å². The van der Waals surface area contributed by atoms with Gasteiger partial charge in [-0.25, -0.2) is 0 Å². The molecule has 2 aliphatic rings. The van der Waals surface area contributed by atoms with Crippen molar-refractivity contribution >= 4 is 0 Å². The maximum absolute atomic E-state index is 3.48. The Morgan fingerprint density at radius 1 is 1.42 bits per heavy atom. The van der Waals surface area contributed by atoms with Crippen molar-refractivity contribution in [1.29, 1.82) is 0 Å². The largest absolute Gasteiger partial charge is 0.317 e. The van der Waals surface area contributed by atoms with Crippen LogP contribution in [-0.4, -0.2) is 13.1 Å². The number of hydrogen-bond donors (Lipinski definition) is 1. The van der Waals surface area contributed by atoms with Gasteiger partial charge in [0, 0.05) is 0 Å². The summed E-state index contributed by atoms with van der Waals surface area (Å²) in [6.07, 6.45) is 6.04. The highest BCUT2D eigenvalue weighted by Crippen LogP contribution is 2.63. The molecule has 0 bridgehead atoms. The topological polar surface area (TPSA) is 12.0 Å². The molecule has 1 spiro atoms. The fourth-order valence-electron chi connectivity index (χ4n) is 3.03. The Bertz CT molecular complexity index is 164. The Balaban J connectivity index is 1.78. The molecule has 0 aromatic rings. The monoisotopic (exact) mass is 167 g/mol. The van der Waals surface area contributed by atoms with E-state index in [1.165, 1.54) is 32.2 Å². The Morgan fingerprint density at radius 2 is 2.25 bits per heavy atom. The first-order valence-corrected chi connectivity index (χ1v) is 5.47. The van der Waals surface area contributed by atoms with Gasteiger partial charge in [-0.05, 0) is 49.6 Å². The number of nitrogens with one attached hydrogen (secondary N) is 1. The van der Waals surface area contributed by atoms with Crippen molar-refractivity contribution < 1.29 is 0 Å². The van der Waals surface area contributed by atoms with Gasteiger partial charge in [-0.1, -0.05) is 20.3 Å². The highest BCUT2D eigenvalue weighted by molar-refractivity contribution is 5.06. The van der Waals surface area contributed by atoms with Gasteiger partial charge >= 0.3 is 0 Å². The molecule has 1 nitrogen and oxygen atoms in total. The lowest BCUT2D eigenvalue weighted by molar-refractivity contribution is 0.437. The van der Waals surface area contributed by atoms with Crippen LogP contribution in [0.2, 0.25) is 0 Å². The second-order valence-corrected chi connectivity index (χ2v) is 4.92. The fraction of sp³-hybridized carbons (Fsp3) is 1.00. The molecule has 0 aromatic carbocycles. The average Bonchev–Trinajstić information content (AvgIpc) is 2.57. The van der Waals surface area contributed by atoms with E-state index in [1.807, 2.05) is 0 Å². The zero-order chi connectivity index (χ0) is 8.60. The third kappa shape index (κ3) is 1.39. The fourth-order valence-corrected chi connectivity index (χ4v) is 3.03. The Hall–Kier alpha value is -0.0400. The summed E-state index contributed by atoms with van der Waals surface area (Å²) in [5.41, 5.74) is 0.821. The molecule has 0 heterocycles. The van der Waals surface area contributed by atoms with Gasteiger partial charge in [-0.3, -0.25) is 0 Å². The number of hydrogen-bond acceptors (Lipinski definition) is 1. The first-order chi connectivity index (χ1) is 5.77. The maximum atomic E-state index is 3.48.